The van der Waals surface area contributed by atoms with Crippen molar-refractivity contribution in [1.82, 2.24) is 20.1 Å². The summed E-state index contributed by atoms with van der Waals surface area (Å²) in [4.78, 5) is 33.1. The lowest BCUT2D eigenvalue weighted by molar-refractivity contribution is -0.123. The summed E-state index contributed by atoms with van der Waals surface area (Å²) in [5, 5.41) is 7.85. The molecule has 0 saturated heterocycles. The second-order valence-corrected chi connectivity index (χ2v) is 12.6. The highest BCUT2D eigenvalue weighted by molar-refractivity contribution is 8.00. The molecule has 6 rings (SSSR count). The maximum Gasteiger partial charge on any atom is 0.240 e. The summed E-state index contributed by atoms with van der Waals surface area (Å²) < 4.78 is 13.1. The van der Waals surface area contributed by atoms with Crippen molar-refractivity contribution in [3.8, 4) is 17.2 Å². The second kappa shape index (κ2) is 11.2. The number of ether oxygens (including phenoxy) is 2. The number of nitrogens with zero attached hydrogens (tertiary/aromatic N) is 4. The van der Waals surface area contributed by atoms with Gasteiger partial charge in [-0.3, -0.25) is 19.5 Å². The minimum absolute atomic E-state index is 0.145. The maximum absolute atomic E-state index is 13.9. The Kier molecular flexibility index (Phi) is 7.40. The standard InChI is InChI=1S/C32H33N5O4S/c1-20-8-11-23(12-9-20)37-31-28(30(35-37)32(2,3)4)29(21-10-13-24-25(15-21)41-19-40-24)42-18-27(39)36(31)17-26(38)34-16-22-7-5-6-14-33-22/h5-15,29H,16-19H2,1-4H3,(H,34,38)/t29-/m0/s1. The Morgan fingerprint density at radius 1 is 1.07 bits per heavy atom. The first kappa shape index (κ1) is 27.8. The van der Waals surface area contributed by atoms with Gasteiger partial charge in [-0.1, -0.05) is 50.6 Å². The molecular weight excluding hydrogens is 550 g/mol. The van der Waals surface area contributed by atoms with Gasteiger partial charge in [0.05, 0.1) is 34.6 Å². The van der Waals surface area contributed by atoms with Gasteiger partial charge in [0, 0.05) is 17.2 Å². The number of amides is 2. The van der Waals surface area contributed by atoms with E-state index in [2.05, 4.69) is 31.1 Å². The predicted molar refractivity (Wildman–Crippen MR) is 162 cm³/mol. The zero-order chi connectivity index (χ0) is 29.4. The largest absolute Gasteiger partial charge is 0.454 e. The molecule has 4 heterocycles. The number of aromatic nitrogens is 3. The molecule has 0 saturated carbocycles. The molecule has 10 heteroatoms. The zero-order valence-electron chi connectivity index (χ0n) is 24.1. The summed E-state index contributed by atoms with van der Waals surface area (Å²) in [5.74, 6) is 1.74. The van der Waals surface area contributed by atoms with E-state index in [4.69, 9.17) is 14.6 Å². The number of anilines is 1. The number of pyridine rings is 1. The van der Waals surface area contributed by atoms with Gasteiger partial charge in [-0.05, 0) is 48.9 Å². The van der Waals surface area contributed by atoms with Crippen LogP contribution in [0.25, 0.3) is 5.69 Å². The van der Waals surface area contributed by atoms with Crippen molar-refractivity contribution in [2.75, 3.05) is 24.0 Å². The molecular formula is C32H33N5O4S. The lowest BCUT2D eigenvalue weighted by Crippen LogP contribution is -2.42. The number of hydrogen-bond acceptors (Lipinski definition) is 7. The highest BCUT2D eigenvalue weighted by Crippen LogP contribution is 2.49. The fraction of sp³-hybridized carbons (Fsp3) is 0.312. The van der Waals surface area contributed by atoms with Crippen LogP contribution in [0.1, 0.15) is 54.1 Å². The van der Waals surface area contributed by atoms with Crippen LogP contribution in [0.4, 0.5) is 5.82 Å². The average Bonchev–Trinajstić information content (AvgIpc) is 3.58. The van der Waals surface area contributed by atoms with Crippen molar-refractivity contribution in [2.24, 2.45) is 0 Å². The normalized spacial score (nSPS) is 16.2. The van der Waals surface area contributed by atoms with Gasteiger partial charge in [-0.15, -0.1) is 11.8 Å². The molecule has 2 amide bonds. The SMILES string of the molecule is Cc1ccc(-n2nc(C(C)(C)C)c3c2N(CC(=O)NCc2ccccn2)C(=O)CS[C@H]3c2ccc3c(c2)OCO3)cc1. The monoisotopic (exact) mass is 583 g/mol. The number of rotatable bonds is 6. The molecule has 0 spiro atoms. The van der Waals surface area contributed by atoms with Crippen LogP contribution in [0.3, 0.4) is 0 Å². The molecule has 0 fully saturated rings. The van der Waals surface area contributed by atoms with Crippen LogP contribution in [0, 0.1) is 6.92 Å². The average molecular weight is 584 g/mol. The summed E-state index contributed by atoms with van der Waals surface area (Å²) in [5.41, 5.74) is 5.08. The first-order valence-electron chi connectivity index (χ1n) is 13.9. The van der Waals surface area contributed by atoms with Crippen molar-refractivity contribution in [1.29, 1.82) is 0 Å². The van der Waals surface area contributed by atoms with Crippen LogP contribution in [-0.2, 0) is 21.5 Å². The van der Waals surface area contributed by atoms with E-state index < -0.39 is 0 Å². The molecule has 0 bridgehead atoms. The zero-order valence-corrected chi connectivity index (χ0v) is 24.9. The van der Waals surface area contributed by atoms with Gasteiger partial charge in [0.25, 0.3) is 0 Å². The van der Waals surface area contributed by atoms with Gasteiger partial charge in [-0.25, -0.2) is 4.68 Å². The Hall–Kier alpha value is -4.31. The fourth-order valence-electron chi connectivity index (χ4n) is 5.17. The Morgan fingerprint density at radius 2 is 1.86 bits per heavy atom. The van der Waals surface area contributed by atoms with Crippen LogP contribution in [0.2, 0.25) is 0 Å². The van der Waals surface area contributed by atoms with Crippen molar-refractivity contribution in [3.05, 3.63) is 94.9 Å². The molecule has 0 radical (unpaired) electrons. The summed E-state index contributed by atoms with van der Waals surface area (Å²) >= 11 is 1.53. The second-order valence-electron chi connectivity index (χ2n) is 11.5. The summed E-state index contributed by atoms with van der Waals surface area (Å²) in [7, 11) is 0. The molecule has 0 aliphatic carbocycles. The molecule has 2 aliphatic heterocycles. The lowest BCUT2D eigenvalue weighted by Gasteiger charge is -2.24. The number of nitrogens with one attached hydrogen (secondary N) is 1. The molecule has 1 N–H and O–H groups in total. The molecule has 2 aliphatic rings. The molecule has 216 valence electrons. The quantitative estimate of drug-likeness (QED) is 0.338. The van der Waals surface area contributed by atoms with E-state index in [1.807, 2.05) is 72.3 Å². The molecule has 42 heavy (non-hydrogen) atoms. The van der Waals surface area contributed by atoms with Crippen molar-refractivity contribution < 1.29 is 19.1 Å². The molecule has 1 atom stereocenters. The summed E-state index contributed by atoms with van der Waals surface area (Å²) in [6.45, 7) is 8.69. The van der Waals surface area contributed by atoms with E-state index in [1.165, 1.54) is 11.8 Å². The molecule has 4 aromatic rings. The Morgan fingerprint density at radius 3 is 2.60 bits per heavy atom. The predicted octanol–water partition coefficient (Wildman–Crippen LogP) is 5.09. The van der Waals surface area contributed by atoms with Crippen LogP contribution >= 0.6 is 11.8 Å². The Balaban J connectivity index is 1.48. The lowest BCUT2D eigenvalue weighted by atomic mass is 9.87. The highest BCUT2D eigenvalue weighted by Gasteiger charge is 2.40. The minimum Gasteiger partial charge on any atom is -0.454 e. The Bertz CT molecular complexity index is 1630. The first-order valence-corrected chi connectivity index (χ1v) is 14.9. The minimum atomic E-state index is -0.352. The number of aryl methyl sites for hydroxylation is 1. The number of hydrogen-bond donors (Lipinski definition) is 1. The van der Waals surface area contributed by atoms with Gasteiger partial charge in [-0.2, -0.15) is 5.10 Å². The van der Waals surface area contributed by atoms with Crippen molar-refractivity contribution >= 4 is 29.4 Å². The van der Waals surface area contributed by atoms with E-state index in [9.17, 15) is 9.59 Å². The third kappa shape index (κ3) is 5.46. The molecule has 9 nitrogen and oxygen atoms in total. The van der Waals surface area contributed by atoms with Crippen LogP contribution in [0.15, 0.2) is 66.9 Å². The smallest absolute Gasteiger partial charge is 0.240 e. The van der Waals surface area contributed by atoms with Gasteiger partial charge in [0.15, 0.2) is 11.5 Å². The molecule has 0 unspecified atom stereocenters. The van der Waals surface area contributed by atoms with E-state index in [1.54, 1.807) is 11.1 Å². The van der Waals surface area contributed by atoms with Crippen LogP contribution in [-0.4, -0.2) is 45.7 Å². The number of thioether (sulfide) groups is 1. The third-order valence-corrected chi connectivity index (χ3v) is 8.53. The summed E-state index contributed by atoms with van der Waals surface area (Å²) in [6, 6.07) is 19.5. The van der Waals surface area contributed by atoms with Gasteiger partial charge in [0.2, 0.25) is 18.6 Å². The number of benzene rings is 2. The molecule has 2 aromatic heterocycles. The van der Waals surface area contributed by atoms with Crippen LogP contribution in [0.5, 0.6) is 11.5 Å². The topological polar surface area (TPSA) is 98.6 Å². The van der Waals surface area contributed by atoms with Crippen LogP contribution < -0.4 is 19.7 Å². The maximum atomic E-state index is 13.9. The van der Waals surface area contributed by atoms with Gasteiger partial charge >= 0.3 is 0 Å². The van der Waals surface area contributed by atoms with Crippen molar-refractivity contribution in [2.45, 2.75) is 44.9 Å². The van der Waals surface area contributed by atoms with E-state index >= 15 is 0 Å². The first-order chi connectivity index (χ1) is 20.2. The van der Waals surface area contributed by atoms with E-state index in [-0.39, 0.29) is 48.1 Å². The van der Waals surface area contributed by atoms with Gasteiger partial charge in [0.1, 0.15) is 12.4 Å². The number of fused-ring (bicyclic) bond motifs is 2. The highest BCUT2D eigenvalue weighted by atomic mass is 32.2. The Labute approximate surface area is 249 Å². The number of carbonyl (C=O) groups is 2. The summed E-state index contributed by atoms with van der Waals surface area (Å²) in [6.07, 6.45) is 1.69. The third-order valence-electron chi connectivity index (χ3n) is 7.27. The van der Waals surface area contributed by atoms with Gasteiger partial charge < -0.3 is 14.8 Å². The van der Waals surface area contributed by atoms with E-state index in [0.29, 0.717) is 17.3 Å². The van der Waals surface area contributed by atoms with E-state index in [0.717, 1.165) is 33.8 Å². The molecule has 2 aromatic carbocycles. The van der Waals surface area contributed by atoms with Crippen molar-refractivity contribution in [3.63, 3.8) is 0 Å². The fourth-order valence-corrected chi connectivity index (χ4v) is 6.36. The number of carbonyl (C=O) groups excluding carboxylic acids is 2.